The Labute approximate surface area is 120 Å². The van der Waals surface area contributed by atoms with Crippen molar-refractivity contribution in [3.8, 4) is 0 Å². The summed E-state index contributed by atoms with van der Waals surface area (Å²) in [5.74, 6) is -3.08. The van der Waals surface area contributed by atoms with E-state index in [1.165, 1.54) is 23.3 Å². The molecule has 1 aliphatic rings. The van der Waals surface area contributed by atoms with Crippen LogP contribution in [0.1, 0.15) is 6.42 Å². The molecule has 1 aliphatic heterocycles. The van der Waals surface area contributed by atoms with Gasteiger partial charge in [0.1, 0.15) is 6.29 Å². The van der Waals surface area contributed by atoms with E-state index in [0.717, 1.165) is 0 Å². The summed E-state index contributed by atoms with van der Waals surface area (Å²) in [5.41, 5.74) is 0.344. The highest BCUT2D eigenvalue weighted by atomic mass is 19.3. The molecule has 2 N–H and O–H groups in total. The van der Waals surface area contributed by atoms with Crippen LogP contribution in [0.2, 0.25) is 0 Å². The van der Waals surface area contributed by atoms with Crippen molar-refractivity contribution in [1.29, 1.82) is 0 Å². The molecule has 0 atom stereocenters. The molecule has 1 fully saturated rings. The van der Waals surface area contributed by atoms with Crippen molar-refractivity contribution in [3.63, 3.8) is 0 Å². The Morgan fingerprint density at radius 3 is 2.57 bits per heavy atom. The number of nitrogens with one attached hydrogen (secondary N) is 2. The molecule has 0 bridgehead atoms. The fraction of sp³-hybridized carbons (Fsp3) is 0.462. The Bertz CT molecular complexity index is 442. The van der Waals surface area contributed by atoms with E-state index in [0.29, 0.717) is 24.8 Å². The molecule has 0 aromatic heterocycles. The van der Waals surface area contributed by atoms with Crippen LogP contribution in [0.25, 0.3) is 0 Å². The number of likely N-dealkylation sites (tertiary alicyclic amines) is 1. The monoisotopic (exact) mass is 301 g/mol. The van der Waals surface area contributed by atoms with E-state index in [1.807, 2.05) is 0 Å². The van der Waals surface area contributed by atoms with E-state index in [2.05, 4.69) is 10.6 Å². The largest absolute Gasteiger partial charge is 0.346 e. The van der Waals surface area contributed by atoms with Gasteiger partial charge in [0.15, 0.2) is 0 Å². The highest BCUT2D eigenvalue weighted by Crippen LogP contribution is 2.26. The summed E-state index contributed by atoms with van der Waals surface area (Å²) in [7, 11) is 0. The van der Waals surface area contributed by atoms with E-state index in [4.69, 9.17) is 0 Å². The minimum atomic E-state index is -2.64. The summed E-state index contributed by atoms with van der Waals surface area (Å²) < 4.78 is 25.4. The molecule has 1 rings (SSSR count). The number of carbonyl (C=O) groups excluding carboxylic acids is 3. The Hall–Kier alpha value is -2.09. The number of nitrogens with zero attached hydrogens (tertiary/aromatic N) is 1. The van der Waals surface area contributed by atoms with Crippen LogP contribution >= 0.6 is 0 Å². The van der Waals surface area contributed by atoms with Gasteiger partial charge >= 0.3 is 0 Å². The SMILES string of the molecule is O=CCNC(=O)/C(=C/C=C\NC=O)CCN1CC(F)(F)C1. The third-order valence-corrected chi connectivity index (χ3v) is 2.80. The number of alkyl halides is 2. The molecule has 8 heteroatoms. The number of aldehydes is 1. The first-order valence-electron chi connectivity index (χ1n) is 6.36. The molecule has 6 nitrogen and oxygen atoms in total. The van der Waals surface area contributed by atoms with E-state index < -0.39 is 11.8 Å². The van der Waals surface area contributed by atoms with Crippen LogP contribution in [0, 0.1) is 0 Å². The molecule has 0 spiro atoms. The van der Waals surface area contributed by atoms with E-state index in [1.54, 1.807) is 0 Å². The first-order chi connectivity index (χ1) is 9.98. The Kier molecular flexibility index (Phi) is 6.67. The summed E-state index contributed by atoms with van der Waals surface area (Å²) in [6.07, 6.45) is 5.54. The number of amides is 2. The molecular weight excluding hydrogens is 284 g/mol. The first-order valence-corrected chi connectivity index (χ1v) is 6.36. The first kappa shape index (κ1) is 17.0. The smallest absolute Gasteiger partial charge is 0.272 e. The molecule has 0 unspecified atom stereocenters. The van der Waals surface area contributed by atoms with Gasteiger partial charge in [-0.1, -0.05) is 6.08 Å². The molecule has 0 saturated carbocycles. The zero-order chi connectivity index (χ0) is 15.7. The van der Waals surface area contributed by atoms with Gasteiger partial charge < -0.3 is 15.4 Å². The lowest BCUT2D eigenvalue weighted by atomic mass is 10.1. The van der Waals surface area contributed by atoms with Gasteiger partial charge in [-0.3, -0.25) is 14.5 Å². The van der Waals surface area contributed by atoms with Gasteiger partial charge in [0.25, 0.3) is 5.92 Å². The van der Waals surface area contributed by atoms with Gasteiger partial charge in [0, 0.05) is 18.3 Å². The predicted molar refractivity (Wildman–Crippen MR) is 71.5 cm³/mol. The van der Waals surface area contributed by atoms with Gasteiger partial charge in [-0.2, -0.15) is 0 Å². The number of hydrogen-bond acceptors (Lipinski definition) is 4. The lowest BCUT2D eigenvalue weighted by Crippen LogP contribution is -2.56. The van der Waals surface area contributed by atoms with Gasteiger partial charge in [0.2, 0.25) is 12.3 Å². The van der Waals surface area contributed by atoms with Crippen molar-refractivity contribution < 1.29 is 23.2 Å². The second-order valence-corrected chi connectivity index (χ2v) is 4.53. The Morgan fingerprint density at radius 2 is 2.00 bits per heavy atom. The van der Waals surface area contributed by atoms with Crippen LogP contribution in [0.5, 0.6) is 0 Å². The van der Waals surface area contributed by atoms with Crippen LogP contribution < -0.4 is 10.6 Å². The summed E-state index contributed by atoms with van der Waals surface area (Å²) >= 11 is 0. The lowest BCUT2D eigenvalue weighted by molar-refractivity contribution is -0.130. The van der Waals surface area contributed by atoms with Crippen molar-refractivity contribution in [2.24, 2.45) is 0 Å². The number of hydrogen-bond donors (Lipinski definition) is 2. The average Bonchev–Trinajstić information content (AvgIpc) is 2.41. The van der Waals surface area contributed by atoms with E-state index in [9.17, 15) is 23.2 Å². The summed E-state index contributed by atoms with van der Waals surface area (Å²) in [4.78, 5) is 33.6. The molecular formula is C13H17F2N3O3. The fourth-order valence-electron chi connectivity index (χ4n) is 1.82. The molecule has 0 radical (unpaired) electrons. The maximum absolute atomic E-state index is 12.7. The highest BCUT2D eigenvalue weighted by molar-refractivity contribution is 5.94. The standard InChI is InChI=1S/C13H17F2N3O3/c14-13(15)8-18(9-13)6-3-11(2-1-4-16-10-20)12(21)17-5-7-19/h1-2,4,7,10H,3,5-6,8-9H2,(H,16,20)(H,17,21)/b4-1-,11-2+. The maximum atomic E-state index is 12.7. The van der Waals surface area contributed by atoms with Crippen LogP contribution in [0.4, 0.5) is 8.78 Å². The molecule has 116 valence electrons. The van der Waals surface area contributed by atoms with Crippen LogP contribution in [0.3, 0.4) is 0 Å². The second kappa shape index (κ2) is 8.25. The number of halogens is 2. The Morgan fingerprint density at radius 1 is 1.29 bits per heavy atom. The molecule has 1 heterocycles. The quantitative estimate of drug-likeness (QED) is 0.352. The van der Waals surface area contributed by atoms with Gasteiger partial charge in [0.05, 0.1) is 19.6 Å². The van der Waals surface area contributed by atoms with Crippen molar-refractivity contribution >= 4 is 18.6 Å². The van der Waals surface area contributed by atoms with Gasteiger partial charge in [-0.05, 0) is 12.5 Å². The molecule has 2 amide bonds. The molecule has 1 saturated heterocycles. The third-order valence-electron chi connectivity index (χ3n) is 2.80. The minimum Gasteiger partial charge on any atom is -0.346 e. The van der Waals surface area contributed by atoms with Crippen LogP contribution in [-0.2, 0) is 14.4 Å². The normalized spacial score (nSPS) is 18.1. The van der Waals surface area contributed by atoms with Crippen molar-refractivity contribution in [1.82, 2.24) is 15.5 Å². The van der Waals surface area contributed by atoms with Crippen molar-refractivity contribution in [2.45, 2.75) is 12.3 Å². The number of allylic oxidation sites excluding steroid dienone is 2. The summed E-state index contributed by atoms with van der Waals surface area (Å²) in [6, 6.07) is 0. The maximum Gasteiger partial charge on any atom is 0.272 e. The summed E-state index contributed by atoms with van der Waals surface area (Å²) in [5, 5.41) is 4.66. The molecule has 0 aromatic rings. The molecule has 0 aromatic carbocycles. The zero-order valence-corrected chi connectivity index (χ0v) is 11.4. The highest BCUT2D eigenvalue weighted by Gasteiger charge is 2.43. The van der Waals surface area contributed by atoms with Crippen molar-refractivity contribution in [3.05, 3.63) is 23.9 Å². The fourth-order valence-corrected chi connectivity index (χ4v) is 1.82. The van der Waals surface area contributed by atoms with Gasteiger partial charge in [-0.15, -0.1) is 0 Å². The predicted octanol–water partition coefficient (Wildman–Crippen LogP) is -0.171. The van der Waals surface area contributed by atoms with Crippen molar-refractivity contribution in [2.75, 3.05) is 26.2 Å². The molecule has 21 heavy (non-hydrogen) atoms. The van der Waals surface area contributed by atoms with Crippen LogP contribution in [-0.4, -0.2) is 55.6 Å². The zero-order valence-electron chi connectivity index (χ0n) is 11.4. The van der Waals surface area contributed by atoms with E-state index >= 15 is 0 Å². The Balaban J connectivity index is 2.52. The third kappa shape index (κ3) is 6.26. The van der Waals surface area contributed by atoms with E-state index in [-0.39, 0.29) is 26.1 Å². The van der Waals surface area contributed by atoms with Gasteiger partial charge in [-0.25, -0.2) is 8.78 Å². The summed E-state index contributed by atoms with van der Waals surface area (Å²) in [6.45, 7) is -0.406. The second-order valence-electron chi connectivity index (χ2n) is 4.53. The average molecular weight is 301 g/mol. The number of carbonyl (C=O) groups is 3. The minimum absolute atomic E-state index is 0.117. The molecule has 0 aliphatic carbocycles. The van der Waals surface area contributed by atoms with Crippen LogP contribution in [0.15, 0.2) is 23.9 Å². The number of rotatable bonds is 9. The lowest BCUT2D eigenvalue weighted by Gasteiger charge is -2.38. The topological polar surface area (TPSA) is 78.5 Å².